The fourth-order valence-corrected chi connectivity index (χ4v) is 7.59. The number of anilines is 2. The highest BCUT2D eigenvalue weighted by Crippen LogP contribution is 2.40. The lowest BCUT2D eigenvalue weighted by atomic mass is 9.89. The summed E-state index contributed by atoms with van der Waals surface area (Å²) in [6.07, 6.45) is -2.46. The molecule has 226 valence electrons. The zero-order valence-corrected chi connectivity index (χ0v) is 25.7. The van der Waals surface area contributed by atoms with Crippen LogP contribution in [-0.4, -0.2) is 69.4 Å². The Balaban J connectivity index is 1.36. The summed E-state index contributed by atoms with van der Waals surface area (Å²) in [5, 5.41) is 7.64. The molecule has 2 fully saturated rings. The van der Waals surface area contributed by atoms with Crippen LogP contribution in [0.1, 0.15) is 36.1 Å². The maximum atomic E-state index is 15.2. The summed E-state index contributed by atoms with van der Waals surface area (Å²) in [5.41, 5.74) is 1.43. The van der Waals surface area contributed by atoms with Gasteiger partial charge < -0.3 is 19.9 Å². The van der Waals surface area contributed by atoms with Gasteiger partial charge in [0.15, 0.2) is 0 Å². The maximum absolute atomic E-state index is 15.2. The number of hydrogen-bond acceptors (Lipinski definition) is 6. The van der Waals surface area contributed by atoms with Crippen molar-refractivity contribution in [1.29, 1.82) is 0 Å². The molecule has 1 aliphatic heterocycles. The summed E-state index contributed by atoms with van der Waals surface area (Å²) in [4.78, 5) is 2.58. The van der Waals surface area contributed by atoms with Crippen LogP contribution in [0, 0.1) is 11.8 Å². The lowest BCUT2D eigenvalue weighted by Crippen LogP contribution is -2.53. The average Bonchev–Trinajstić information content (AvgIpc) is 3.23. The van der Waals surface area contributed by atoms with Crippen molar-refractivity contribution >= 4 is 45.2 Å². The number of hydrogen-bond donors (Lipinski definition) is 2. The van der Waals surface area contributed by atoms with Gasteiger partial charge in [-0.15, -0.1) is 11.3 Å². The largest absolute Gasteiger partial charge is 0.495 e. The number of fused-ring (bicyclic) bond motifs is 1. The number of nitrogens with one attached hydrogen (secondary N) is 2. The van der Waals surface area contributed by atoms with Crippen LogP contribution < -0.4 is 20.7 Å². The highest BCUT2D eigenvalue weighted by molar-refractivity contribution is 7.70. The summed E-state index contributed by atoms with van der Waals surface area (Å²) in [6, 6.07) is 10.5. The number of nitrogens with zero attached hydrogens (tertiary/aromatic N) is 1. The Morgan fingerprint density at radius 2 is 1.93 bits per heavy atom. The quantitative estimate of drug-likeness (QED) is 0.160. The van der Waals surface area contributed by atoms with E-state index in [4.69, 9.17) is 4.74 Å². The summed E-state index contributed by atoms with van der Waals surface area (Å²) >= 11 is 1.21. The van der Waals surface area contributed by atoms with Gasteiger partial charge in [-0.2, -0.15) is 13.2 Å². The molecule has 2 unspecified atom stereocenters. The SMILES string of the molecule is COc1cc(P(C)(C)=O)ccc1NCC#Cc1sc2c(NC3CCN(C4CCC4)CC3F)cccc2c1CC(F)(F)F. The van der Waals surface area contributed by atoms with Crippen molar-refractivity contribution in [2.45, 2.75) is 56.5 Å². The first-order valence-electron chi connectivity index (χ1n) is 14.1. The summed E-state index contributed by atoms with van der Waals surface area (Å²) in [6.45, 7) is 4.73. The van der Waals surface area contributed by atoms with Gasteiger partial charge in [0.1, 0.15) is 19.1 Å². The van der Waals surface area contributed by atoms with Crippen LogP contribution in [0.3, 0.4) is 0 Å². The molecule has 1 aliphatic carbocycles. The van der Waals surface area contributed by atoms with Crippen molar-refractivity contribution in [3.05, 3.63) is 46.8 Å². The molecule has 42 heavy (non-hydrogen) atoms. The topological polar surface area (TPSA) is 53.6 Å². The lowest BCUT2D eigenvalue weighted by molar-refractivity contribution is -0.126. The minimum absolute atomic E-state index is 0.138. The lowest BCUT2D eigenvalue weighted by Gasteiger charge is -2.43. The van der Waals surface area contributed by atoms with Gasteiger partial charge in [0.05, 0.1) is 47.1 Å². The predicted octanol–water partition coefficient (Wildman–Crippen LogP) is 7.10. The van der Waals surface area contributed by atoms with E-state index >= 15 is 4.39 Å². The number of ether oxygens (including phenoxy) is 1. The maximum Gasteiger partial charge on any atom is 0.393 e. The molecule has 0 amide bonds. The molecule has 0 radical (unpaired) electrons. The third-order valence-corrected chi connectivity index (χ3v) is 10.8. The van der Waals surface area contributed by atoms with E-state index < -0.39 is 32.0 Å². The van der Waals surface area contributed by atoms with E-state index in [1.807, 2.05) is 0 Å². The molecule has 2 heterocycles. The Labute approximate surface area is 248 Å². The van der Waals surface area contributed by atoms with Crippen molar-refractivity contribution in [1.82, 2.24) is 4.90 Å². The van der Waals surface area contributed by atoms with Gasteiger partial charge in [-0.05, 0) is 67.8 Å². The number of thiophene rings is 1. The molecule has 2 aromatic carbocycles. The van der Waals surface area contributed by atoms with Crippen LogP contribution in [0.4, 0.5) is 28.9 Å². The molecule has 3 aromatic rings. The first-order valence-corrected chi connectivity index (χ1v) is 17.6. The van der Waals surface area contributed by atoms with E-state index in [-0.39, 0.29) is 12.1 Å². The number of likely N-dealkylation sites (tertiary alicyclic amines) is 1. The van der Waals surface area contributed by atoms with Crippen molar-refractivity contribution in [3.63, 3.8) is 0 Å². The third kappa shape index (κ3) is 7.07. The van der Waals surface area contributed by atoms with Gasteiger partial charge >= 0.3 is 6.18 Å². The van der Waals surface area contributed by atoms with Crippen molar-refractivity contribution in [3.8, 4) is 17.6 Å². The Morgan fingerprint density at radius 1 is 1.14 bits per heavy atom. The number of halogens is 4. The zero-order valence-electron chi connectivity index (χ0n) is 24.0. The molecule has 2 atom stereocenters. The fourth-order valence-electron chi connectivity index (χ4n) is 5.56. The van der Waals surface area contributed by atoms with Gasteiger partial charge in [0.2, 0.25) is 0 Å². The Hall–Kier alpha value is -2.73. The van der Waals surface area contributed by atoms with E-state index in [2.05, 4.69) is 27.4 Å². The molecule has 0 bridgehead atoms. The van der Waals surface area contributed by atoms with E-state index in [1.54, 1.807) is 49.7 Å². The standard InChI is InChI=1S/C31H36F4N3O2PS/c1-40-28-17-21(41(2,3)39)12-13-26(28)36-15-6-11-29-23(18-31(33,34)35)22-9-5-10-27(30(22)42-29)37-25-14-16-38(19-24(25)32)20-7-4-8-20/h5,9-10,12-13,17,20,24-25,36-37H,4,7-8,14-16,18-19H2,1-3H3. The fraction of sp³-hybridized carbons (Fsp3) is 0.484. The van der Waals surface area contributed by atoms with E-state index in [0.29, 0.717) is 56.4 Å². The number of rotatable bonds is 8. The second-order valence-corrected chi connectivity index (χ2v) is 15.6. The summed E-state index contributed by atoms with van der Waals surface area (Å²) in [5.74, 6) is 6.42. The monoisotopic (exact) mass is 621 g/mol. The van der Waals surface area contributed by atoms with Gasteiger partial charge in [0.25, 0.3) is 0 Å². The van der Waals surface area contributed by atoms with E-state index in [0.717, 1.165) is 19.4 Å². The number of piperidine rings is 1. The van der Waals surface area contributed by atoms with Gasteiger partial charge in [-0.3, -0.25) is 4.90 Å². The second-order valence-electron chi connectivity index (χ2n) is 11.4. The van der Waals surface area contributed by atoms with Gasteiger partial charge in [-0.1, -0.05) is 30.4 Å². The van der Waals surface area contributed by atoms with Gasteiger partial charge in [0, 0.05) is 24.4 Å². The van der Waals surface area contributed by atoms with Crippen LogP contribution >= 0.6 is 18.5 Å². The number of alkyl halides is 4. The first-order chi connectivity index (χ1) is 19.9. The molecular formula is C31H36F4N3O2PS. The molecule has 5 nitrogen and oxygen atoms in total. The minimum Gasteiger partial charge on any atom is -0.495 e. The minimum atomic E-state index is -4.41. The smallest absolute Gasteiger partial charge is 0.393 e. The van der Waals surface area contributed by atoms with Crippen LogP contribution in [-0.2, 0) is 11.0 Å². The molecule has 2 aliphatic rings. The molecule has 1 aromatic heterocycles. The second kappa shape index (κ2) is 12.5. The highest BCUT2D eigenvalue weighted by Gasteiger charge is 2.35. The third-order valence-electron chi connectivity index (χ3n) is 8.08. The average molecular weight is 622 g/mol. The van der Waals surface area contributed by atoms with Crippen molar-refractivity contribution in [2.24, 2.45) is 0 Å². The highest BCUT2D eigenvalue weighted by atomic mass is 32.1. The molecule has 1 saturated carbocycles. The zero-order chi connectivity index (χ0) is 30.1. The van der Waals surface area contributed by atoms with Crippen molar-refractivity contribution < 1.29 is 26.9 Å². The van der Waals surface area contributed by atoms with E-state index in [9.17, 15) is 17.7 Å². The molecular weight excluding hydrogens is 585 g/mol. The van der Waals surface area contributed by atoms with Gasteiger partial charge in [-0.25, -0.2) is 4.39 Å². The molecule has 1 saturated heterocycles. The summed E-state index contributed by atoms with van der Waals surface area (Å²) < 4.78 is 74.6. The predicted molar refractivity (Wildman–Crippen MR) is 165 cm³/mol. The number of benzene rings is 2. The normalized spacial score (nSPS) is 20.1. The Kier molecular flexibility index (Phi) is 9.13. The first kappa shape index (κ1) is 30.7. The Morgan fingerprint density at radius 3 is 2.57 bits per heavy atom. The summed E-state index contributed by atoms with van der Waals surface area (Å²) in [7, 11) is -0.952. The van der Waals surface area contributed by atoms with Crippen LogP contribution in [0.25, 0.3) is 10.1 Å². The van der Waals surface area contributed by atoms with E-state index in [1.165, 1.54) is 24.9 Å². The molecule has 11 heteroatoms. The van der Waals surface area contributed by atoms with Crippen molar-refractivity contribution in [2.75, 3.05) is 50.7 Å². The van der Waals surface area contributed by atoms with Crippen LogP contribution in [0.2, 0.25) is 0 Å². The molecule has 0 spiro atoms. The van der Waals surface area contributed by atoms with Crippen LogP contribution in [0.15, 0.2) is 36.4 Å². The Bertz CT molecular complexity index is 1540. The molecule has 2 N–H and O–H groups in total. The number of methoxy groups -OCH3 is 1. The molecule has 5 rings (SSSR count). The van der Waals surface area contributed by atoms with Crippen LogP contribution in [0.5, 0.6) is 5.75 Å².